The maximum Gasteiger partial charge on any atom is 0.432 e. The Labute approximate surface area is 183 Å². The van der Waals surface area contributed by atoms with E-state index in [-0.39, 0.29) is 21.5 Å². The maximum absolute atomic E-state index is 13.8. The predicted molar refractivity (Wildman–Crippen MR) is 114 cm³/mol. The summed E-state index contributed by atoms with van der Waals surface area (Å²) in [5.74, 6) is 0. The van der Waals surface area contributed by atoms with Crippen molar-refractivity contribution in [3.63, 3.8) is 0 Å². The van der Waals surface area contributed by atoms with Gasteiger partial charge in [0.15, 0.2) is 5.50 Å². The van der Waals surface area contributed by atoms with E-state index in [9.17, 15) is 13.2 Å². The molecule has 1 N–H and O–H groups in total. The van der Waals surface area contributed by atoms with Gasteiger partial charge in [0.2, 0.25) is 0 Å². The van der Waals surface area contributed by atoms with E-state index in [0.29, 0.717) is 10.7 Å². The van der Waals surface area contributed by atoms with Crippen molar-refractivity contribution in [1.82, 2.24) is 9.80 Å². The Morgan fingerprint density at radius 3 is 2.11 bits per heavy atom. The first-order chi connectivity index (χ1) is 13.1. The number of nitrogens with zero attached hydrogens (tertiary/aromatic N) is 2. The minimum atomic E-state index is -4.45. The van der Waals surface area contributed by atoms with Crippen molar-refractivity contribution in [3.05, 3.63) is 37.8 Å². The molecule has 0 spiro atoms. The number of nitrogens with one attached hydrogen (secondary N) is 1. The van der Waals surface area contributed by atoms with Crippen LogP contribution in [-0.4, -0.2) is 48.2 Å². The number of alkyl halides is 3. The normalized spacial score (nSPS) is 17.8. The molecule has 10 heteroatoms. The average Bonchev–Trinajstić information content (AvgIpc) is 2.86. The van der Waals surface area contributed by atoms with Crippen LogP contribution in [0.15, 0.2) is 22.7 Å². The van der Waals surface area contributed by atoms with Gasteiger partial charge in [-0.05, 0) is 38.1 Å². The molecule has 1 atom stereocenters. The molecule has 28 heavy (non-hydrogen) atoms. The summed E-state index contributed by atoms with van der Waals surface area (Å²) in [7, 11) is 1.42. The number of hydrogen-bond acceptors (Lipinski definition) is 4. The standard InChI is InChI=1S/C18H23Cl3F3N3S/c1-4-6-27(7-5-2)10-14-16(18(22,23)24)26(3)17(28-14)25-15-12(20)8-11(19)9-13(15)21/h8-9,17,25H,4-7,10H2,1-3H3. The van der Waals surface area contributed by atoms with Crippen LogP contribution in [0.2, 0.25) is 15.1 Å². The number of benzene rings is 1. The topological polar surface area (TPSA) is 18.5 Å². The van der Waals surface area contributed by atoms with Crippen molar-refractivity contribution in [1.29, 1.82) is 0 Å². The van der Waals surface area contributed by atoms with Crippen LogP contribution in [0.5, 0.6) is 0 Å². The van der Waals surface area contributed by atoms with Crippen LogP contribution in [0.25, 0.3) is 0 Å². The smallest absolute Gasteiger partial charge is 0.354 e. The maximum atomic E-state index is 13.8. The Kier molecular flexibility index (Phi) is 8.52. The summed E-state index contributed by atoms with van der Waals surface area (Å²) in [6.45, 7) is 5.79. The zero-order valence-electron chi connectivity index (χ0n) is 15.8. The van der Waals surface area contributed by atoms with Gasteiger partial charge in [0.1, 0.15) is 5.70 Å². The largest absolute Gasteiger partial charge is 0.432 e. The molecule has 158 valence electrons. The van der Waals surface area contributed by atoms with Gasteiger partial charge in [-0.25, -0.2) is 0 Å². The van der Waals surface area contributed by atoms with Gasteiger partial charge in [-0.3, -0.25) is 4.90 Å². The van der Waals surface area contributed by atoms with E-state index < -0.39 is 17.4 Å². The first kappa shape index (κ1) is 23.8. The van der Waals surface area contributed by atoms with Gasteiger partial charge in [-0.1, -0.05) is 60.4 Å². The average molecular weight is 477 g/mol. The fraction of sp³-hybridized carbons (Fsp3) is 0.556. The Morgan fingerprint density at radius 2 is 1.64 bits per heavy atom. The van der Waals surface area contributed by atoms with Crippen molar-refractivity contribution < 1.29 is 13.2 Å². The molecular weight excluding hydrogens is 454 g/mol. The second-order valence-corrected chi connectivity index (χ2v) is 8.94. The lowest BCUT2D eigenvalue weighted by Crippen LogP contribution is -2.36. The summed E-state index contributed by atoms with van der Waals surface area (Å²) in [6, 6.07) is 3.00. The lowest BCUT2D eigenvalue weighted by Gasteiger charge is -2.27. The first-order valence-corrected chi connectivity index (χ1v) is 10.9. The van der Waals surface area contributed by atoms with Crippen molar-refractivity contribution in [2.75, 3.05) is 32.0 Å². The van der Waals surface area contributed by atoms with Gasteiger partial charge in [0, 0.05) is 23.5 Å². The van der Waals surface area contributed by atoms with Crippen molar-refractivity contribution in [2.24, 2.45) is 0 Å². The highest BCUT2D eigenvalue weighted by Crippen LogP contribution is 2.46. The molecule has 0 radical (unpaired) electrons. The summed E-state index contributed by atoms with van der Waals surface area (Å²) >= 11 is 19.4. The second-order valence-electron chi connectivity index (χ2n) is 6.52. The lowest BCUT2D eigenvalue weighted by molar-refractivity contribution is -0.109. The molecule has 0 bridgehead atoms. The number of anilines is 1. The summed E-state index contributed by atoms with van der Waals surface area (Å²) in [4.78, 5) is 3.53. The highest BCUT2D eigenvalue weighted by Gasteiger charge is 2.46. The summed E-state index contributed by atoms with van der Waals surface area (Å²) in [5.41, 5.74) is -0.958. The van der Waals surface area contributed by atoms with Crippen LogP contribution in [0.4, 0.5) is 18.9 Å². The lowest BCUT2D eigenvalue weighted by atomic mass is 10.3. The zero-order valence-corrected chi connectivity index (χ0v) is 18.9. The Hall–Kier alpha value is -0.470. The molecule has 3 nitrogen and oxygen atoms in total. The Balaban J connectivity index is 2.28. The molecular formula is C18H23Cl3F3N3S. The van der Waals surface area contributed by atoms with Gasteiger partial charge < -0.3 is 10.2 Å². The predicted octanol–water partition coefficient (Wildman–Crippen LogP) is 6.92. The third-order valence-corrected chi connectivity index (χ3v) is 6.29. The molecule has 1 aromatic rings. The summed E-state index contributed by atoms with van der Waals surface area (Å²) in [5, 5.41) is 3.90. The van der Waals surface area contributed by atoms with Crippen LogP contribution < -0.4 is 5.32 Å². The van der Waals surface area contributed by atoms with Crippen molar-refractivity contribution >= 4 is 52.3 Å². The molecule has 0 saturated heterocycles. The molecule has 1 unspecified atom stereocenters. The number of hydrogen-bond donors (Lipinski definition) is 1. The summed E-state index contributed by atoms with van der Waals surface area (Å²) in [6.07, 6.45) is -2.69. The molecule has 1 aliphatic heterocycles. The number of allylic oxidation sites excluding steroid dienone is 1. The molecule has 0 amide bonds. The minimum absolute atomic E-state index is 0.256. The molecule has 0 fully saturated rings. The van der Waals surface area contributed by atoms with Crippen molar-refractivity contribution in [2.45, 2.75) is 38.4 Å². The van der Waals surface area contributed by atoms with Crippen LogP contribution in [-0.2, 0) is 0 Å². The number of thioether (sulfide) groups is 1. The van der Waals surface area contributed by atoms with Gasteiger partial charge >= 0.3 is 6.18 Å². The monoisotopic (exact) mass is 475 g/mol. The molecule has 2 rings (SSSR count). The molecule has 1 aromatic carbocycles. The SMILES string of the molecule is CCCN(CCC)CC1=C(C(F)(F)F)N(C)C(Nc2c(Cl)cc(Cl)cc2Cl)S1. The highest BCUT2D eigenvalue weighted by atomic mass is 35.5. The van der Waals surface area contributed by atoms with Crippen LogP contribution >= 0.6 is 46.6 Å². The zero-order chi connectivity index (χ0) is 21.1. The van der Waals surface area contributed by atoms with Crippen LogP contribution in [0.3, 0.4) is 0 Å². The molecule has 0 aliphatic carbocycles. The van der Waals surface area contributed by atoms with Crippen LogP contribution in [0.1, 0.15) is 26.7 Å². The van der Waals surface area contributed by atoms with Gasteiger partial charge in [0.05, 0.1) is 15.7 Å². The number of rotatable bonds is 8. The van der Waals surface area contributed by atoms with Crippen LogP contribution in [0, 0.1) is 0 Å². The van der Waals surface area contributed by atoms with E-state index in [1.165, 1.54) is 24.1 Å². The summed E-state index contributed by atoms with van der Waals surface area (Å²) < 4.78 is 41.3. The quantitative estimate of drug-likeness (QED) is 0.439. The van der Waals surface area contributed by atoms with E-state index in [4.69, 9.17) is 34.8 Å². The van der Waals surface area contributed by atoms with E-state index in [1.807, 2.05) is 18.7 Å². The molecule has 0 aromatic heterocycles. The molecule has 0 saturated carbocycles. The second kappa shape index (κ2) is 10.0. The minimum Gasteiger partial charge on any atom is -0.354 e. The Bertz CT molecular complexity index is 699. The first-order valence-electron chi connectivity index (χ1n) is 8.91. The molecule has 1 aliphatic rings. The number of halogens is 6. The fourth-order valence-corrected chi connectivity index (χ4v) is 5.35. The van der Waals surface area contributed by atoms with Crippen molar-refractivity contribution in [3.8, 4) is 0 Å². The van der Waals surface area contributed by atoms with E-state index in [2.05, 4.69) is 5.32 Å². The fourth-order valence-electron chi connectivity index (χ4n) is 3.09. The highest BCUT2D eigenvalue weighted by molar-refractivity contribution is 8.04. The van der Waals surface area contributed by atoms with E-state index >= 15 is 0 Å². The van der Waals surface area contributed by atoms with Gasteiger partial charge in [-0.15, -0.1) is 0 Å². The van der Waals surface area contributed by atoms with E-state index in [0.717, 1.165) is 37.7 Å². The van der Waals surface area contributed by atoms with Gasteiger partial charge in [0.25, 0.3) is 0 Å². The Morgan fingerprint density at radius 1 is 1.11 bits per heavy atom. The van der Waals surface area contributed by atoms with E-state index in [1.54, 1.807) is 0 Å². The third-order valence-electron chi connectivity index (χ3n) is 4.21. The molecule has 1 heterocycles. The van der Waals surface area contributed by atoms with Gasteiger partial charge in [-0.2, -0.15) is 13.2 Å². The third kappa shape index (κ3) is 5.79.